The Morgan fingerprint density at radius 2 is 1.72 bits per heavy atom. The maximum Gasteiger partial charge on any atom is 0.475 e. The summed E-state index contributed by atoms with van der Waals surface area (Å²) in [6.07, 6.45) is -5.08. The minimum atomic E-state index is -4.70. The number of halogens is 5. The number of amides is 1. The number of aliphatic hydroxyl groups is 1. The van der Waals surface area contributed by atoms with Gasteiger partial charge in [-0.25, -0.2) is 4.79 Å². The average molecular weight is 432 g/mol. The van der Waals surface area contributed by atoms with Gasteiger partial charge in [0.2, 0.25) is 5.79 Å². The number of hydrogen-bond acceptors (Lipinski definition) is 4. The third-order valence-corrected chi connectivity index (χ3v) is 3.35. The van der Waals surface area contributed by atoms with Crippen LogP contribution in [0.2, 0.25) is 0 Å². The van der Waals surface area contributed by atoms with Crippen molar-refractivity contribution in [2.45, 2.75) is 37.0 Å². The molecule has 0 aliphatic carbocycles. The lowest BCUT2D eigenvalue weighted by Gasteiger charge is -2.23. The van der Waals surface area contributed by atoms with Crippen molar-refractivity contribution in [3.05, 3.63) is 29.8 Å². The molecule has 0 spiro atoms. The van der Waals surface area contributed by atoms with Gasteiger partial charge >= 0.3 is 17.0 Å². The summed E-state index contributed by atoms with van der Waals surface area (Å²) in [6.45, 7) is 2.85. The highest BCUT2D eigenvalue weighted by molar-refractivity contribution is 9.10. The minimum Gasteiger partial charge on any atom is -0.427 e. The van der Waals surface area contributed by atoms with E-state index in [9.17, 15) is 27.5 Å². The van der Waals surface area contributed by atoms with Crippen LogP contribution in [-0.2, 0) is 11.2 Å². The van der Waals surface area contributed by atoms with Gasteiger partial charge in [0.05, 0.1) is 0 Å². The fraction of sp³-hybridized carbons (Fsp3) is 0.533. The molecule has 0 saturated heterocycles. The molecule has 1 N–H and O–H groups in total. The van der Waals surface area contributed by atoms with Gasteiger partial charge in [-0.1, -0.05) is 12.1 Å². The third kappa shape index (κ3) is 7.07. The molecule has 0 aromatic heterocycles. The number of carbonyl (C=O) groups excluding carboxylic acids is 1. The van der Waals surface area contributed by atoms with E-state index in [1.807, 2.05) is 0 Å². The Bertz CT molecular complexity index is 585. The predicted octanol–water partition coefficient (Wildman–Crippen LogP) is 3.99. The van der Waals surface area contributed by atoms with E-state index in [-0.39, 0.29) is 6.54 Å². The van der Waals surface area contributed by atoms with E-state index in [1.165, 1.54) is 37.9 Å². The summed E-state index contributed by atoms with van der Waals surface area (Å²) in [7, 11) is 1.46. The number of alkyl halides is 5. The van der Waals surface area contributed by atoms with Crippen LogP contribution < -0.4 is 4.74 Å². The summed E-state index contributed by atoms with van der Waals surface area (Å²) in [4.78, 5) is 8.38. The third-order valence-electron chi connectivity index (χ3n) is 2.88. The standard InChI is InChI=1S/C15H18BrF4NO4/c1-13(2,23)25-12(22)21(3)9-8-10-4-6-11(7-5-10)24-15(19,20)14(16,17)18/h4-7,23H,8-9H2,1-3H3. The molecule has 1 aromatic carbocycles. The summed E-state index contributed by atoms with van der Waals surface area (Å²) < 4.78 is 60.2. The summed E-state index contributed by atoms with van der Waals surface area (Å²) in [6, 6.07) is 5.06. The molecular formula is C15H18BrF4NO4. The van der Waals surface area contributed by atoms with Crippen LogP contribution in [0.25, 0.3) is 0 Å². The first-order valence-electron chi connectivity index (χ1n) is 7.10. The van der Waals surface area contributed by atoms with Crippen LogP contribution >= 0.6 is 15.9 Å². The highest BCUT2D eigenvalue weighted by Gasteiger charge is 2.57. The fourth-order valence-corrected chi connectivity index (χ4v) is 1.69. The highest BCUT2D eigenvalue weighted by atomic mass is 79.9. The van der Waals surface area contributed by atoms with Gasteiger partial charge in [0.25, 0.3) is 0 Å². The molecule has 0 bridgehead atoms. The smallest absolute Gasteiger partial charge is 0.427 e. The van der Waals surface area contributed by atoms with Crippen LogP contribution in [-0.4, -0.2) is 46.4 Å². The quantitative estimate of drug-likeness (QED) is 0.402. The zero-order valence-electron chi connectivity index (χ0n) is 13.7. The average Bonchev–Trinajstić information content (AvgIpc) is 2.42. The second kappa shape index (κ2) is 7.77. The molecule has 1 amide bonds. The number of ether oxygens (including phenoxy) is 2. The van der Waals surface area contributed by atoms with Crippen LogP contribution in [0, 0.1) is 0 Å². The number of likely N-dealkylation sites (N-methyl/N-ethyl adjacent to an activating group) is 1. The van der Waals surface area contributed by atoms with Gasteiger partial charge in [0.15, 0.2) is 0 Å². The lowest BCUT2D eigenvalue weighted by atomic mass is 10.1. The maximum absolute atomic E-state index is 13.1. The predicted molar refractivity (Wildman–Crippen MR) is 85.0 cm³/mol. The Morgan fingerprint density at radius 3 is 2.16 bits per heavy atom. The van der Waals surface area contributed by atoms with Crippen LogP contribution in [0.5, 0.6) is 5.75 Å². The molecule has 1 rings (SSSR count). The summed E-state index contributed by atoms with van der Waals surface area (Å²) in [5.41, 5.74) is 0.657. The van der Waals surface area contributed by atoms with Crippen molar-refractivity contribution in [3.8, 4) is 5.75 Å². The number of nitrogens with zero attached hydrogens (tertiary/aromatic N) is 1. The molecule has 5 nitrogen and oxygen atoms in total. The highest BCUT2D eigenvalue weighted by Crippen LogP contribution is 2.40. The van der Waals surface area contributed by atoms with E-state index in [4.69, 9.17) is 4.74 Å². The fourth-order valence-electron chi connectivity index (χ4n) is 1.61. The van der Waals surface area contributed by atoms with Crippen molar-refractivity contribution in [3.63, 3.8) is 0 Å². The lowest BCUT2D eigenvalue weighted by molar-refractivity contribution is -0.266. The second-order valence-corrected chi connectivity index (χ2v) is 6.74. The SMILES string of the molecule is CN(CCc1ccc(OC(F)(F)C(F)(F)Br)cc1)C(=O)OC(C)(C)O. The first-order chi connectivity index (χ1) is 11.2. The van der Waals surface area contributed by atoms with Crippen LogP contribution in [0.4, 0.5) is 22.4 Å². The molecule has 0 fully saturated rings. The number of benzene rings is 1. The molecule has 0 aliphatic rings. The van der Waals surface area contributed by atoms with Crippen LogP contribution in [0.3, 0.4) is 0 Å². The Hall–Kier alpha value is -1.55. The molecular weight excluding hydrogens is 414 g/mol. The van der Waals surface area contributed by atoms with E-state index in [1.54, 1.807) is 15.9 Å². The van der Waals surface area contributed by atoms with Crippen molar-refractivity contribution < 1.29 is 36.9 Å². The van der Waals surface area contributed by atoms with Crippen molar-refractivity contribution in [1.29, 1.82) is 0 Å². The number of carbonyl (C=O) groups is 1. The van der Waals surface area contributed by atoms with E-state index in [2.05, 4.69) is 4.74 Å². The van der Waals surface area contributed by atoms with Crippen LogP contribution in [0.1, 0.15) is 19.4 Å². The van der Waals surface area contributed by atoms with E-state index in [0.717, 1.165) is 12.1 Å². The van der Waals surface area contributed by atoms with E-state index in [0.29, 0.717) is 12.0 Å². The maximum atomic E-state index is 13.1. The summed E-state index contributed by atoms with van der Waals surface area (Å²) in [5, 5.41) is 9.40. The monoisotopic (exact) mass is 431 g/mol. The second-order valence-electron chi connectivity index (χ2n) is 5.75. The van der Waals surface area contributed by atoms with Gasteiger partial charge < -0.3 is 19.5 Å². The molecule has 0 unspecified atom stereocenters. The van der Waals surface area contributed by atoms with Gasteiger partial charge in [-0.2, -0.15) is 17.6 Å². The van der Waals surface area contributed by atoms with Gasteiger partial charge in [-0.3, -0.25) is 0 Å². The van der Waals surface area contributed by atoms with E-state index < -0.39 is 28.6 Å². The zero-order valence-corrected chi connectivity index (χ0v) is 15.3. The number of rotatable bonds is 7. The molecule has 1 aromatic rings. The van der Waals surface area contributed by atoms with Crippen molar-refractivity contribution >= 4 is 22.0 Å². The molecule has 142 valence electrons. The van der Waals surface area contributed by atoms with Gasteiger partial charge in [-0.05, 0) is 24.1 Å². The molecule has 0 atom stereocenters. The van der Waals surface area contributed by atoms with Crippen LogP contribution in [0.15, 0.2) is 24.3 Å². The first kappa shape index (κ1) is 21.5. The van der Waals surface area contributed by atoms with E-state index >= 15 is 0 Å². The molecule has 25 heavy (non-hydrogen) atoms. The number of hydrogen-bond donors (Lipinski definition) is 1. The largest absolute Gasteiger partial charge is 0.475 e. The van der Waals surface area contributed by atoms with Gasteiger partial charge in [-0.15, -0.1) is 0 Å². The topological polar surface area (TPSA) is 59.0 Å². The van der Waals surface area contributed by atoms with Gasteiger partial charge in [0.1, 0.15) is 5.75 Å². The van der Waals surface area contributed by atoms with Crippen molar-refractivity contribution in [2.24, 2.45) is 0 Å². The van der Waals surface area contributed by atoms with Crippen molar-refractivity contribution in [1.82, 2.24) is 4.90 Å². The summed E-state index contributed by atoms with van der Waals surface area (Å²) in [5.74, 6) is -2.03. The summed E-state index contributed by atoms with van der Waals surface area (Å²) >= 11 is 1.57. The molecule has 0 heterocycles. The molecule has 0 radical (unpaired) electrons. The lowest BCUT2D eigenvalue weighted by Crippen LogP contribution is -2.40. The molecule has 10 heteroatoms. The van der Waals surface area contributed by atoms with Crippen molar-refractivity contribution in [2.75, 3.05) is 13.6 Å². The zero-order chi connectivity index (χ0) is 19.5. The molecule has 0 saturated carbocycles. The Balaban J connectivity index is 2.59. The Labute approximate surface area is 150 Å². The molecule has 0 aliphatic heterocycles. The minimum absolute atomic E-state index is 0.227. The Kier molecular flexibility index (Phi) is 6.68. The van der Waals surface area contributed by atoms with Gasteiger partial charge in [0, 0.05) is 43.4 Å². The first-order valence-corrected chi connectivity index (χ1v) is 7.89. The Morgan fingerprint density at radius 1 is 1.20 bits per heavy atom. The normalized spacial score (nSPS) is 12.7.